The van der Waals surface area contributed by atoms with Gasteiger partial charge in [-0.05, 0) is 54.1 Å². The number of anilines is 1. The minimum Gasteiger partial charge on any atom is -0.457 e. The van der Waals surface area contributed by atoms with E-state index in [2.05, 4.69) is 15.3 Å². The highest BCUT2D eigenvalue weighted by molar-refractivity contribution is 5.65. The molecule has 6 heteroatoms. The van der Waals surface area contributed by atoms with Crippen molar-refractivity contribution >= 4 is 5.82 Å². The molecule has 0 atom stereocenters. The highest BCUT2D eigenvalue weighted by atomic mass is 16.5. The average Bonchev–Trinajstić information content (AvgIpc) is 2.89. The van der Waals surface area contributed by atoms with Gasteiger partial charge in [-0.15, -0.1) is 0 Å². The first-order chi connectivity index (χ1) is 16.3. The fourth-order valence-electron chi connectivity index (χ4n) is 3.35. The van der Waals surface area contributed by atoms with Gasteiger partial charge >= 0.3 is 0 Å². The molecule has 0 aliphatic carbocycles. The van der Waals surface area contributed by atoms with Gasteiger partial charge in [0.25, 0.3) is 0 Å². The molecule has 0 spiro atoms. The van der Waals surface area contributed by atoms with Crippen molar-refractivity contribution in [2.75, 3.05) is 5.32 Å². The van der Waals surface area contributed by atoms with Crippen molar-refractivity contribution in [2.45, 2.75) is 6.54 Å². The fourth-order valence-corrected chi connectivity index (χ4v) is 3.35. The molecule has 0 fully saturated rings. The molecular formula is C27H21N5O. The van der Waals surface area contributed by atoms with Gasteiger partial charge in [-0.2, -0.15) is 0 Å². The lowest BCUT2D eigenvalue weighted by molar-refractivity contribution is 0.482. The topological polar surface area (TPSA) is 72.8 Å². The number of ether oxygens (including phenoxy) is 1. The maximum atomic E-state index is 5.96. The van der Waals surface area contributed by atoms with Crippen LogP contribution in [0.25, 0.3) is 22.8 Å². The van der Waals surface area contributed by atoms with Crippen molar-refractivity contribution in [3.05, 3.63) is 115 Å². The van der Waals surface area contributed by atoms with Gasteiger partial charge < -0.3 is 10.1 Å². The van der Waals surface area contributed by atoms with Crippen molar-refractivity contribution in [3.63, 3.8) is 0 Å². The van der Waals surface area contributed by atoms with Crippen LogP contribution in [-0.2, 0) is 6.54 Å². The SMILES string of the molecule is c1ccc(Oc2cccc(CNc3cc(-c4cccnc4)nc(-c4ccccn4)n3)c2)cc1. The van der Waals surface area contributed by atoms with Crippen molar-refractivity contribution in [2.24, 2.45) is 0 Å². The van der Waals surface area contributed by atoms with Gasteiger partial charge in [0.15, 0.2) is 5.82 Å². The molecule has 3 aromatic heterocycles. The van der Waals surface area contributed by atoms with Crippen LogP contribution in [0.1, 0.15) is 5.56 Å². The van der Waals surface area contributed by atoms with Gasteiger partial charge in [-0.3, -0.25) is 9.97 Å². The third kappa shape index (κ3) is 5.19. The number of rotatable bonds is 7. The molecule has 0 radical (unpaired) electrons. The van der Waals surface area contributed by atoms with E-state index in [1.165, 1.54) is 0 Å². The molecule has 2 aromatic carbocycles. The molecule has 6 nitrogen and oxygen atoms in total. The molecule has 5 aromatic rings. The van der Waals surface area contributed by atoms with Gasteiger partial charge in [-0.25, -0.2) is 9.97 Å². The molecule has 33 heavy (non-hydrogen) atoms. The molecular weight excluding hydrogens is 410 g/mol. The monoisotopic (exact) mass is 431 g/mol. The third-order valence-corrected chi connectivity index (χ3v) is 4.93. The maximum Gasteiger partial charge on any atom is 0.180 e. The zero-order valence-corrected chi connectivity index (χ0v) is 17.8. The van der Waals surface area contributed by atoms with Crippen LogP contribution in [0.4, 0.5) is 5.82 Å². The summed E-state index contributed by atoms with van der Waals surface area (Å²) in [4.78, 5) is 18.0. The molecule has 0 aliphatic heterocycles. The number of hydrogen-bond acceptors (Lipinski definition) is 6. The minimum atomic E-state index is 0.556. The van der Waals surface area contributed by atoms with Gasteiger partial charge in [0.2, 0.25) is 0 Å². The normalized spacial score (nSPS) is 10.5. The second-order valence-corrected chi connectivity index (χ2v) is 7.33. The molecule has 3 heterocycles. The summed E-state index contributed by atoms with van der Waals surface area (Å²) in [6, 6.07) is 29.2. The predicted molar refractivity (Wildman–Crippen MR) is 129 cm³/mol. The molecule has 0 bridgehead atoms. The Hall–Kier alpha value is -4.58. The summed E-state index contributed by atoms with van der Waals surface area (Å²) in [6.07, 6.45) is 5.27. The average molecular weight is 431 g/mol. The van der Waals surface area contributed by atoms with Crippen molar-refractivity contribution < 1.29 is 4.74 Å². The largest absolute Gasteiger partial charge is 0.457 e. The van der Waals surface area contributed by atoms with Crippen LogP contribution in [0, 0.1) is 0 Å². The first-order valence-corrected chi connectivity index (χ1v) is 10.6. The quantitative estimate of drug-likeness (QED) is 0.340. The lowest BCUT2D eigenvalue weighted by Gasteiger charge is -2.11. The summed E-state index contributed by atoms with van der Waals surface area (Å²) < 4.78 is 5.96. The molecule has 0 saturated heterocycles. The Balaban J connectivity index is 1.40. The third-order valence-electron chi connectivity index (χ3n) is 4.93. The van der Waals surface area contributed by atoms with Crippen LogP contribution in [0.2, 0.25) is 0 Å². The van der Waals surface area contributed by atoms with E-state index < -0.39 is 0 Å². The maximum absolute atomic E-state index is 5.96. The molecule has 0 amide bonds. The zero-order valence-electron chi connectivity index (χ0n) is 17.8. The van der Waals surface area contributed by atoms with Crippen molar-refractivity contribution in [3.8, 4) is 34.3 Å². The number of nitrogens with one attached hydrogen (secondary N) is 1. The van der Waals surface area contributed by atoms with Crippen LogP contribution in [0.5, 0.6) is 11.5 Å². The smallest absolute Gasteiger partial charge is 0.180 e. The zero-order chi connectivity index (χ0) is 22.3. The number of hydrogen-bond donors (Lipinski definition) is 1. The Morgan fingerprint density at radius 1 is 0.697 bits per heavy atom. The van der Waals surface area contributed by atoms with Gasteiger partial charge in [-0.1, -0.05) is 36.4 Å². The van der Waals surface area contributed by atoms with E-state index in [-0.39, 0.29) is 0 Å². The molecule has 0 saturated carbocycles. The Labute approximate surface area is 192 Å². The summed E-state index contributed by atoms with van der Waals surface area (Å²) >= 11 is 0. The Bertz CT molecular complexity index is 1270. The second kappa shape index (κ2) is 9.70. The Kier molecular flexibility index (Phi) is 5.98. The van der Waals surface area contributed by atoms with E-state index in [4.69, 9.17) is 14.7 Å². The van der Waals surface area contributed by atoms with E-state index in [0.29, 0.717) is 23.9 Å². The van der Waals surface area contributed by atoms with Crippen LogP contribution < -0.4 is 10.1 Å². The van der Waals surface area contributed by atoms with E-state index in [0.717, 1.165) is 28.3 Å². The molecule has 5 rings (SSSR count). The standard InChI is InChI=1S/C27H21N5O/c1-2-10-22(11-3-1)33-23-12-6-8-20(16-23)18-30-26-17-25(21-9-7-14-28-19-21)31-27(32-26)24-13-4-5-15-29-24/h1-17,19H,18H2,(H,30,31,32). The van der Waals surface area contributed by atoms with Crippen molar-refractivity contribution in [1.29, 1.82) is 0 Å². The number of para-hydroxylation sites is 1. The van der Waals surface area contributed by atoms with E-state index >= 15 is 0 Å². The first kappa shape index (κ1) is 20.3. The van der Waals surface area contributed by atoms with Crippen LogP contribution >= 0.6 is 0 Å². The summed E-state index contributed by atoms with van der Waals surface area (Å²) in [5, 5.41) is 3.42. The summed E-state index contributed by atoms with van der Waals surface area (Å²) in [6.45, 7) is 0.580. The van der Waals surface area contributed by atoms with E-state index in [1.807, 2.05) is 91.0 Å². The minimum absolute atomic E-state index is 0.556. The Morgan fingerprint density at radius 3 is 2.39 bits per heavy atom. The van der Waals surface area contributed by atoms with Gasteiger partial charge in [0, 0.05) is 36.8 Å². The predicted octanol–water partition coefficient (Wildman–Crippen LogP) is 6.01. The van der Waals surface area contributed by atoms with Crippen LogP contribution in [-0.4, -0.2) is 19.9 Å². The lowest BCUT2D eigenvalue weighted by Crippen LogP contribution is -2.04. The van der Waals surface area contributed by atoms with E-state index in [9.17, 15) is 0 Å². The van der Waals surface area contributed by atoms with Crippen LogP contribution in [0.15, 0.2) is 110 Å². The van der Waals surface area contributed by atoms with E-state index in [1.54, 1.807) is 18.6 Å². The first-order valence-electron chi connectivity index (χ1n) is 10.6. The number of pyridine rings is 2. The van der Waals surface area contributed by atoms with Gasteiger partial charge in [0.1, 0.15) is 23.0 Å². The molecule has 0 unspecified atom stereocenters. The van der Waals surface area contributed by atoms with Crippen LogP contribution in [0.3, 0.4) is 0 Å². The Morgan fingerprint density at radius 2 is 1.58 bits per heavy atom. The molecule has 1 N–H and O–H groups in total. The highest BCUT2D eigenvalue weighted by Gasteiger charge is 2.10. The summed E-state index contributed by atoms with van der Waals surface area (Å²) in [5.74, 6) is 2.85. The van der Waals surface area contributed by atoms with Gasteiger partial charge in [0.05, 0.1) is 5.69 Å². The molecule has 0 aliphatic rings. The highest BCUT2D eigenvalue weighted by Crippen LogP contribution is 2.25. The summed E-state index contributed by atoms with van der Waals surface area (Å²) in [7, 11) is 0. The number of aromatic nitrogens is 4. The molecule has 160 valence electrons. The van der Waals surface area contributed by atoms with Crippen molar-refractivity contribution in [1.82, 2.24) is 19.9 Å². The number of nitrogens with zero attached hydrogens (tertiary/aromatic N) is 4. The lowest BCUT2D eigenvalue weighted by atomic mass is 10.2. The fraction of sp³-hybridized carbons (Fsp3) is 0.0370. The number of benzene rings is 2. The second-order valence-electron chi connectivity index (χ2n) is 7.33. The summed E-state index contributed by atoms with van der Waals surface area (Å²) in [5.41, 5.74) is 3.48.